The van der Waals surface area contributed by atoms with Gasteiger partial charge in [-0.15, -0.1) is 0 Å². The molecule has 0 saturated heterocycles. The van der Waals surface area contributed by atoms with Crippen molar-refractivity contribution in [1.29, 1.82) is 5.26 Å². The molecule has 80 valence electrons. The number of hydrogen-bond donors (Lipinski definition) is 2. The standard InChI is InChI=1S/C9H14N6/c1-4-11-8-7(5-10)9(14-13-8)12-6-15(2)3/h6H,4H2,1-3H3,(H2,11,13,14)/b12-6+. The monoisotopic (exact) mass is 206 g/mol. The van der Waals surface area contributed by atoms with E-state index in [0.717, 1.165) is 6.54 Å². The highest BCUT2D eigenvalue weighted by Gasteiger charge is 2.10. The zero-order valence-corrected chi connectivity index (χ0v) is 9.07. The van der Waals surface area contributed by atoms with Gasteiger partial charge in [0.25, 0.3) is 0 Å². The minimum atomic E-state index is 0.440. The van der Waals surface area contributed by atoms with Crippen LogP contribution in [-0.2, 0) is 0 Å². The van der Waals surface area contributed by atoms with Crippen molar-refractivity contribution in [2.24, 2.45) is 4.99 Å². The van der Waals surface area contributed by atoms with Crippen molar-refractivity contribution in [2.75, 3.05) is 26.0 Å². The lowest BCUT2D eigenvalue weighted by Crippen LogP contribution is -2.07. The number of hydrogen-bond acceptors (Lipinski definition) is 4. The fourth-order valence-electron chi connectivity index (χ4n) is 1.00. The van der Waals surface area contributed by atoms with Gasteiger partial charge in [0, 0.05) is 20.6 Å². The van der Waals surface area contributed by atoms with E-state index < -0.39 is 0 Å². The average Bonchev–Trinajstić information content (AvgIpc) is 2.58. The molecule has 0 radical (unpaired) electrons. The second-order valence-corrected chi connectivity index (χ2v) is 3.15. The maximum Gasteiger partial charge on any atom is 0.169 e. The predicted molar refractivity (Wildman–Crippen MR) is 59.3 cm³/mol. The summed E-state index contributed by atoms with van der Waals surface area (Å²) >= 11 is 0. The van der Waals surface area contributed by atoms with Crippen LogP contribution < -0.4 is 5.32 Å². The molecule has 6 nitrogen and oxygen atoms in total. The number of aromatic amines is 1. The van der Waals surface area contributed by atoms with E-state index in [2.05, 4.69) is 26.6 Å². The van der Waals surface area contributed by atoms with Crippen LogP contribution in [0.3, 0.4) is 0 Å². The van der Waals surface area contributed by atoms with Crippen LogP contribution in [0.25, 0.3) is 0 Å². The van der Waals surface area contributed by atoms with Crippen molar-refractivity contribution in [3.63, 3.8) is 0 Å². The molecule has 2 N–H and O–H groups in total. The van der Waals surface area contributed by atoms with Crippen molar-refractivity contribution in [2.45, 2.75) is 6.92 Å². The molecule has 15 heavy (non-hydrogen) atoms. The van der Waals surface area contributed by atoms with Gasteiger partial charge in [-0.2, -0.15) is 10.4 Å². The molecule has 1 aromatic rings. The van der Waals surface area contributed by atoms with Gasteiger partial charge in [-0.25, -0.2) is 4.99 Å². The molecule has 1 rings (SSSR count). The molecule has 1 aromatic heterocycles. The van der Waals surface area contributed by atoms with Crippen molar-refractivity contribution in [3.05, 3.63) is 5.56 Å². The number of aromatic nitrogens is 2. The number of nitrogens with one attached hydrogen (secondary N) is 2. The highest BCUT2D eigenvalue weighted by Crippen LogP contribution is 2.21. The quantitative estimate of drug-likeness (QED) is 0.567. The van der Waals surface area contributed by atoms with E-state index in [1.54, 1.807) is 11.2 Å². The van der Waals surface area contributed by atoms with Gasteiger partial charge in [0.2, 0.25) is 0 Å². The van der Waals surface area contributed by atoms with E-state index in [0.29, 0.717) is 17.2 Å². The lowest BCUT2D eigenvalue weighted by atomic mass is 10.3. The Morgan fingerprint density at radius 1 is 1.67 bits per heavy atom. The second-order valence-electron chi connectivity index (χ2n) is 3.15. The molecule has 1 heterocycles. The molecule has 0 atom stereocenters. The van der Waals surface area contributed by atoms with Crippen molar-refractivity contribution >= 4 is 18.0 Å². The second kappa shape index (κ2) is 5.00. The minimum absolute atomic E-state index is 0.440. The fraction of sp³-hybridized carbons (Fsp3) is 0.444. The van der Waals surface area contributed by atoms with Gasteiger partial charge < -0.3 is 10.2 Å². The largest absolute Gasteiger partial charge is 0.369 e. The number of aliphatic imine (C=N–C) groups is 1. The molecule has 0 bridgehead atoms. The van der Waals surface area contributed by atoms with Crippen LogP contribution >= 0.6 is 0 Å². The molecule has 0 amide bonds. The lowest BCUT2D eigenvalue weighted by molar-refractivity contribution is 0.643. The van der Waals surface area contributed by atoms with Crippen LogP contribution in [0, 0.1) is 11.3 Å². The van der Waals surface area contributed by atoms with Gasteiger partial charge >= 0.3 is 0 Å². The number of rotatable bonds is 4. The molecular weight excluding hydrogens is 192 g/mol. The zero-order valence-electron chi connectivity index (χ0n) is 9.07. The van der Waals surface area contributed by atoms with Crippen molar-refractivity contribution < 1.29 is 0 Å². The fourth-order valence-corrected chi connectivity index (χ4v) is 1.00. The molecule has 0 saturated carbocycles. The van der Waals surface area contributed by atoms with Crippen LogP contribution in [0.15, 0.2) is 4.99 Å². The summed E-state index contributed by atoms with van der Waals surface area (Å²) in [6.07, 6.45) is 1.62. The van der Waals surface area contributed by atoms with E-state index in [9.17, 15) is 0 Å². The number of nitriles is 1. The molecule has 0 aliphatic heterocycles. The van der Waals surface area contributed by atoms with Gasteiger partial charge in [-0.1, -0.05) is 0 Å². The minimum Gasteiger partial charge on any atom is -0.369 e. The van der Waals surface area contributed by atoms with Crippen molar-refractivity contribution in [3.8, 4) is 6.07 Å². The summed E-state index contributed by atoms with van der Waals surface area (Å²) in [6, 6.07) is 2.06. The summed E-state index contributed by atoms with van der Waals surface area (Å²) in [4.78, 5) is 5.89. The van der Waals surface area contributed by atoms with Gasteiger partial charge in [-0.05, 0) is 6.92 Å². The SMILES string of the molecule is CCNc1n[nH]c(/N=C/N(C)C)c1C#N. The van der Waals surface area contributed by atoms with Gasteiger partial charge in [0.1, 0.15) is 11.6 Å². The third kappa shape index (κ3) is 2.71. The Morgan fingerprint density at radius 3 is 2.93 bits per heavy atom. The summed E-state index contributed by atoms with van der Waals surface area (Å²) in [5, 5.41) is 18.6. The van der Waals surface area contributed by atoms with Gasteiger partial charge in [-0.3, -0.25) is 5.10 Å². The highest BCUT2D eigenvalue weighted by atomic mass is 15.2. The number of H-pyrrole nitrogens is 1. The molecule has 0 aliphatic carbocycles. The smallest absolute Gasteiger partial charge is 0.169 e. The Labute approximate surface area is 88.6 Å². The Kier molecular flexibility index (Phi) is 3.68. The van der Waals surface area contributed by atoms with Crippen LogP contribution in [0.1, 0.15) is 12.5 Å². The summed E-state index contributed by atoms with van der Waals surface area (Å²) in [5.41, 5.74) is 0.440. The van der Waals surface area contributed by atoms with E-state index in [1.807, 2.05) is 21.0 Å². The Hall–Kier alpha value is -2.03. The Morgan fingerprint density at radius 2 is 2.40 bits per heavy atom. The third-order valence-electron chi connectivity index (χ3n) is 1.62. The summed E-state index contributed by atoms with van der Waals surface area (Å²) in [7, 11) is 3.72. The normalized spacial score (nSPS) is 10.3. The van der Waals surface area contributed by atoms with E-state index in [1.165, 1.54) is 0 Å². The van der Waals surface area contributed by atoms with Gasteiger partial charge in [0.05, 0.1) is 6.34 Å². The first-order valence-corrected chi connectivity index (χ1v) is 4.62. The molecule has 0 unspecified atom stereocenters. The molecule has 0 aliphatic rings. The predicted octanol–water partition coefficient (Wildman–Crippen LogP) is 0.935. The maximum absolute atomic E-state index is 8.94. The van der Waals surface area contributed by atoms with E-state index >= 15 is 0 Å². The molecule has 0 fully saturated rings. The maximum atomic E-state index is 8.94. The first-order chi connectivity index (χ1) is 7.19. The van der Waals surface area contributed by atoms with Gasteiger partial charge in [0.15, 0.2) is 11.6 Å². The van der Waals surface area contributed by atoms with Crippen LogP contribution in [0.2, 0.25) is 0 Å². The lowest BCUT2D eigenvalue weighted by Gasteiger charge is -2.01. The average molecular weight is 206 g/mol. The zero-order chi connectivity index (χ0) is 11.3. The van der Waals surface area contributed by atoms with E-state index in [4.69, 9.17) is 5.26 Å². The molecule has 0 aromatic carbocycles. The van der Waals surface area contributed by atoms with Crippen molar-refractivity contribution in [1.82, 2.24) is 15.1 Å². The molecule has 0 spiro atoms. The summed E-state index contributed by atoms with van der Waals surface area (Å²) in [6.45, 7) is 2.66. The van der Waals surface area contributed by atoms with Crippen LogP contribution in [-0.4, -0.2) is 42.1 Å². The third-order valence-corrected chi connectivity index (χ3v) is 1.62. The Bertz CT molecular complexity index is 384. The number of nitrogens with zero attached hydrogens (tertiary/aromatic N) is 4. The highest BCUT2D eigenvalue weighted by molar-refractivity contribution is 5.68. The topological polar surface area (TPSA) is 80.1 Å². The summed E-state index contributed by atoms with van der Waals surface area (Å²) < 4.78 is 0. The number of anilines is 1. The van der Waals surface area contributed by atoms with Crippen LogP contribution in [0.5, 0.6) is 0 Å². The van der Waals surface area contributed by atoms with Crippen LogP contribution in [0.4, 0.5) is 11.6 Å². The summed E-state index contributed by atoms with van der Waals surface area (Å²) in [5.74, 6) is 1.02. The first-order valence-electron chi connectivity index (χ1n) is 4.62. The Balaban J connectivity index is 2.95. The first kappa shape index (κ1) is 11.0. The molecular formula is C9H14N6. The molecule has 6 heteroatoms. The van der Waals surface area contributed by atoms with E-state index in [-0.39, 0.29) is 0 Å².